The van der Waals surface area contributed by atoms with Crippen LogP contribution in [0.25, 0.3) is 11.0 Å². The van der Waals surface area contributed by atoms with Crippen molar-refractivity contribution in [3.8, 4) is 5.75 Å². The zero-order valence-corrected chi connectivity index (χ0v) is 15.0. The third-order valence-corrected chi connectivity index (χ3v) is 4.73. The lowest BCUT2D eigenvalue weighted by molar-refractivity contribution is -0.155. The normalized spacial score (nSPS) is 16.1. The molecule has 134 valence electrons. The SMILES string of the molecule is CC[C@H](C)OC(=O)[C@H](C)Oc1ccc2c3c(c(=O)oc2c1)CCCC3. The van der Waals surface area contributed by atoms with Crippen LogP contribution in [0.1, 0.15) is 51.2 Å². The van der Waals surface area contributed by atoms with Gasteiger partial charge >= 0.3 is 11.6 Å². The monoisotopic (exact) mass is 344 g/mol. The summed E-state index contributed by atoms with van der Waals surface area (Å²) in [5, 5.41) is 0.955. The van der Waals surface area contributed by atoms with E-state index in [9.17, 15) is 9.59 Å². The highest BCUT2D eigenvalue weighted by Crippen LogP contribution is 2.29. The number of ether oxygens (including phenoxy) is 2. The second-order valence-electron chi connectivity index (χ2n) is 6.63. The molecule has 0 saturated heterocycles. The first kappa shape index (κ1) is 17.5. The zero-order valence-electron chi connectivity index (χ0n) is 15.0. The molecule has 2 aromatic rings. The van der Waals surface area contributed by atoms with E-state index in [-0.39, 0.29) is 11.7 Å². The first-order chi connectivity index (χ1) is 12.0. The van der Waals surface area contributed by atoms with Crippen molar-refractivity contribution >= 4 is 16.9 Å². The van der Waals surface area contributed by atoms with Gasteiger partial charge in [-0.2, -0.15) is 0 Å². The number of hydrogen-bond donors (Lipinski definition) is 0. The van der Waals surface area contributed by atoms with Gasteiger partial charge in [0.05, 0.1) is 6.10 Å². The van der Waals surface area contributed by atoms with E-state index in [1.165, 1.54) is 0 Å². The predicted octanol–water partition coefficient (Wildman–Crippen LogP) is 3.78. The summed E-state index contributed by atoms with van der Waals surface area (Å²) in [7, 11) is 0. The minimum Gasteiger partial charge on any atom is -0.479 e. The van der Waals surface area contributed by atoms with Gasteiger partial charge in [-0.3, -0.25) is 0 Å². The summed E-state index contributed by atoms with van der Waals surface area (Å²) < 4.78 is 16.4. The average Bonchev–Trinajstić information content (AvgIpc) is 2.61. The van der Waals surface area contributed by atoms with Gasteiger partial charge in [0, 0.05) is 17.0 Å². The number of esters is 1. The van der Waals surface area contributed by atoms with E-state index >= 15 is 0 Å². The number of carbonyl (C=O) groups is 1. The van der Waals surface area contributed by atoms with Gasteiger partial charge in [-0.1, -0.05) is 6.92 Å². The van der Waals surface area contributed by atoms with Crippen LogP contribution in [-0.4, -0.2) is 18.2 Å². The van der Waals surface area contributed by atoms with Crippen LogP contribution >= 0.6 is 0 Å². The Kier molecular flexibility index (Phi) is 5.11. The Bertz CT molecular complexity index is 836. The fourth-order valence-corrected chi connectivity index (χ4v) is 3.13. The highest BCUT2D eigenvalue weighted by atomic mass is 16.6. The van der Waals surface area contributed by atoms with Crippen molar-refractivity contribution in [1.82, 2.24) is 0 Å². The van der Waals surface area contributed by atoms with Gasteiger partial charge in [-0.15, -0.1) is 0 Å². The maximum atomic E-state index is 12.2. The van der Waals surface area contributed by atoms with Crippen LogP contribution in [0.4, 0.5) is 0 Å². The Morgan fingerprint density at radius 2 is 1.92 bits per heavy atom. The van der Waals surface area contributed by atoms with E-state index in [1.54, 1.807) is 13.0 Å². The number of benzene rings is 1. The summed E-state index contributed by atoms with van der Waals surface area (Å²) in [6, 6.07) is 5.40. The van der Waals surface area contributed by atoms with E-state index in [0.717, 1.165) is 48.6 Å². The van der Waals surface area contributed by atoms with Gasteiger partial charge in [0.15, 0.2) is 6.10 Å². The number of fused-ring (bicyclic) bond motifs is 3. The van der Waals surface area contributed by atoms with E-state index in [0.29, 0.717) is 11.3 Å². The quantitative estimate of drug-likeness (QED) is 0.610. The summed E-state index contributed by atoms with van der Waals surface area (Å²) in [6.45, 7) is 5.45. The second-order valence-corrected chi connectivity index (χ2v) is 6.63. The summed E-state index contributed by atoms with van der Waals surface area (Å²) in [4.78, 5) is 24.2. The molecule has 25 heavy (non-hydrogen) atoms. The molecule has 0 saturated carbocycles. The number of rotatable bonds is 5. The first-order valence-electron chi connectivity index (χ1n) is 8.95. The lowest BCUT2D eigenvalue weighted by atomic mass is 9.91. The molecule has 5 nitrogen and oxygen atoms in total. The molecule has 1 heterocycles. The Morgan fingerprint density at radius 1 is 1.20 bits per heavy atom. The smallest absolute Gasteiger partial charge is 0.347 e. The summed E-state index contributed by atoms with van der Waals surface area (Å²) in [6.07, 6.45) is 3.68. The Labute approximate surface area is 146 Å². The third kappa shape index (κ3) is 3.70. The van der Waals surface area contributed by atoms with Crippen LogP contribution in [0.3, 0.4) is 0 Å². The van der Waals surface area contributed by atoms with Crippen molar-refractivity contribution in [2.75, 3.05) is 0 Å². The van der Waals surface area contributed by atoms with Crippen LogP contribution in [0, 0.1) is 0 Å². The molecule has 2 atom stereocenters. The van der Waals surface area contributed by atoms with E-state index in [2.05, 4.69) is 0 Å². The molecule has 5 heteroatoms. The Morgan fingerprint density at radius 3 is 2.64 bits per heavy atom. The topological polar surface area (TPSA) is 65.7 Å². The van der Waals surface area contributed by atoms with Gasteiger partial charge in [-0.25, -0.2) is 9.59 Å². The lowest BCUT2D eigenvalue weighted by Crippen LogP contribution is -2.29. The van der Waals surface area contributed by atoms with Gasteiger partial charge in [0.2, 0.25) is 0 Å². The molecule has 1 aliphatic carbocycles. The van der Waals surface area contributed by atoms with E-state index in [1.807, 2.05) is 26.0 Å². The van der Waals surface area contributed by atoms with Crippen molar-refractivity contribution in [2.24, 2.45) is 0 Å². The zero-order chi connectivity index (χ0) is 18.0. The van der Waals surface area contributed by atoms with Crippen LogP contribution in [0.15, 0.2) is 27.4 Å². The van der Waals surface area contributed by atoms with Crippen LogP contribution in [0.2, 0.25) is 0 Å². The minimum atomic E-state index is -0.726. The maximum absolute atomic E-state index is 12.2. The molecular weight excluding hydrogens is 320 g/mol. The maximum Gasteiger partial charge on any atom is 0.347 e. The molecule has 0 fully saturated rings. The van der Waals surface area contributed by atoms with Crippen LogP contribution < -0.4 is 10.4 Å². The van der Waals surface area contributed by atoms with Gasteiger partial charge in [0.25, 0.3) is 0 Å². The number of aryl methyl sites for hydroxylation is 1. The molecule has 1 aromatic heterocycles. The molecule has 0 N–H and O–H groups in total. The minimum absolute atomic E-state index is 0.139. The van der Waals surface area contributed by atoms with Gasteiger partial charge < -0.3 is 13.9 Å². The fourth-order valence-electron chi connectivity index (χ4n) is 3.13. The molecule has 0 radical (unpaired) electrons. The molecule has 1 aromatic carbocycles. The molecule has 0 amide bonds. The summed E-state index contributed by atoms with van der Waals surface area (Å²) >= 11 is 0. The van der Waals surface area contributed by atoms with Gasteiger partial charge in [-0.05, 0) is 63.6 Å². The summed E-state index contributed by atoms with van der Waals surface area (Å²) in [5.74, 6) is 0.0846. The average molecular weight is 344 g/mol. The van der Waals surface area contributed by atoms with Crippen molar-refractivity contribution in [1.29, 1.82) is 0 Å². The van der Waals surface area contributed by atoms with Crippen molar-refractivity contribution in [3.05, 3.63) is 39.7 Å². The Balaban J connectivity index is 1.84. The van der Waals surface area contributed by atoms with Crippen LogP contribution in [0.5, 0.6) is 5.75 Å². The Hall–Kier alpha value is -2.30. The van der Waals surface area contributed by atoms with Crippen molar-refractivity contribution < 1.29 is 18.7 Å². The largest absolute Gasteiger partial charge is 0.479 e. The molecule has 1 aliphatic rings. The van der Waals surface area contributed by atoms with Crippen molar-refractivity contribution in [2.45, 2.75) is 65.1 Å². The standard InChI is InChI=1S/C20H24O5/c1-4-12(2)23-19(21)13(3)24-14-9-10-16-15-7-5-6-8-17(15)20(22)25-18(16)11-14/h9-13H,4-8H2,1-3H3/t12-,13-/m0/s1. The predicted molar refractivity (Wildman–Crippen MR) is 95.1 cm³/mol. The van der Waals surface area contributed by atoms with E-state index < -0.39 is 12.1 Å². The first-order valence-corrected chi connectivity index (χ1v) is 8.95. The molecule has 3 rings (SSSR count). The van der Waals surface area contributed by atoms with Gasteiger partial charge in [0.1, 0.15) is 11.3 Å². The molecule has 0 bridgehead atoms. The highest BCUT2D eigenvalue weighted by molar-refractivity contribution is 5.83. The van der Waals surface area contributed by atoms with Crippen molar-refractivity contribution in [3.63, 3.8) is 0 Å². The third-order valence-electron chi connectivity index (χ3n) is 4.73. The second kappa shape index (κ2) is 7.30. The fraction of sp³-hybridized carbons (Fsp3) is 0.500. The molecular formula is C20H24O5. The summed E-state index contributed by atoms with van der Waals surface area (Å²) in [5.41, 5.74) is 2.14. The lowest BCUT2D eigenvalue weighted by Gasteiger charge is -2.18. The highest BCUT2D eigenvalue weighted by Gasteiger charge is 2.21. The molecule has 0 aliphatic heterocycles. The molecule has 0 spiro atoms. The number of hydrogen-bond acceptors (Lipinski definition) is 5. The molecule has 0 unspecified atom stereocenters. The van der Waals surface area contributed by atoms with Crippen LogP contribution in [-0.2, 0) is 22.4 Å². The number of carbonyl (C=O) groups excluding carboxylic acids is 1. The van der Waals surface area contributed by atoms with E-state index in [4.69, 9.17) is 13.9 Å².